The van der Waals surface area contributed by atoms with Crippen LogP contribution >= 0.6 is 11.3 Å². The molecule has 0 unspecified atom stereocenters. The molecule has 0 spiro atoms. The summed E-state index contributed by atoms with van der Waals surface area (Å²) in [5.74, 6) is -0.393. The fraction of sp³-hybridized carbons (Fsp3) is 0.429. The maximum Gasteiger partial charge on any atom is 0.342 e. The van der Waals surface area contributed by atoms with Crippen molar-refractivity contribution in [3.63, 3.8) is 0 Å². The SMILES string of the molecule is CCn1cc(-c2csc(N)c2C(=O)OC(C)(C)C)cn1. The van der Waals surface area contributed by atoms with Crippen LogP contribution in [0.3, 0.4) is 0 Å². The molecular formula is C14H19N3O2S. The summed E-state index contributed by atoms with van der Waals surface area (Å²) in [4.78, 5) is 12.3. The Labute approximate surface area is 122 Å². The number of aromatic nitrogens is 2. The van der Waals surface area contributed by atoms with Gasteiger partial charge < -0.3 is 10.5 Å². The Bertz CT molecular complexity index is 623. The van der Waals surface area contributed by atoms with Crippen molar-refractivity contribution in [2.45, 2.75) is 39.8 Å². The standard InChI is InChI=1S/C14H19N3O2S/c1-5-17-7-9(6-16-17)10-8-20-12(15)11(10)13(18)19-14(2,3)4/h6-8H,5,15H2,1-4H3. The minimum absolute atomic E-state index is 0.393. The zero-order valence-electron chi connectivity index (χ0n) is 12.1. The molecule has 0 aliphatic rings. The zero-order chi connectivity index (χ0) is 14.9. The Kier molecular flexibility index (Phi) is 3.85. The monoisotopic (exact) mass is 293 g/mol. The molecule has 0 amide bonds. The number of hydrogen-bond donors (Lipinski definition) is 1. The van der Waals surface area contributed by atoms with Gasteiger partial charge in [-0.25, -0.2) is 4.79 Å². The van der Waals surface area contributed by atoms with Gasteiger partial charge in [0, 0.05) is 29.2 Å². The summed E-state index contributed by atoms with van der Waals surface area (Å²) in [5.41, 5.74) is 7.47. The Balaban J connectivity index is 2.39. The highest BCUT2D eigenvalue weighted by atomic mass is 32.1. The fourth-order valence-electron chi connectivity index (χ4n) is 1.80. The largest absolute Gasteiger partial charge is 0.456 e. The third-order valence-electron chi connectivity index (χ3n) is 2.69. The molecule has 2 aromatic rings. The molecule has 2 rings (SSSR count). The number of carbonyl (C=O) groups excluding carboxylic acids is 1. The lowest BCUT2D eigenvalue weighted by Crippen LogP contribution is -2.24. The second-order valence-corrected chi connectivity index (χ2v) is 6.39. The summed E-state index contributed by atoms with van der Waals surface area (Å²) in [6.07, 6.45) is 3.63. The molecule has 2 heterocycles. The van der Waals surface area contributed by atoms with Crippen LogP contribution < -0.4 is 5.73 Å². The van der Waals surface area contributed by atoms with Crippen molar-refractivity contribution in [1.82, 2.24) is 9.78 Å². The highest BCUT2D eigenvalue weighted by molar-refractivity contribution is 7.14. The van der Waals surface area contributed by atoms with Crippen molar-refractivity contribution < 1.29 is 9.53 Å². The number of nitrogens with zero attached hydrogens (tertiary/aromatic N) is 2. The summed E-state index contributed by atoms with van der Waals surface area (Å²) in [6.45, 7) is 8.29. The first kappa shape index (κ1) is 14.6. The summed E-state index contributed by atoms with van der Waals surface area (Å²) in [6, 6.07) is 0. The van der Waals surface area contributed by atoms with Crippen LogP contribution in [0.25, 0.3) is 11.1 Å². The van der Waals surface area contributed by atoms with Crippen LogP contribution in [0.2, 0.25) is 0 Å². The van der Waals surface area contributed by atoms with Gasteiger partial charge in [-0.1, -0.05) is 0 Å². The quantitative estimate of drug-likeness (QED) is 0.882. The Morgan fingerprint density at radius 2 is 2.20 bits per heavy atom. The van der Waals surface area contributed by atoms with Gasteiger partial charge in [-0.2, -0.15) is 5.10 Å². The highest BCUT2D eigenvalue weighted by Gasteiger charge is 2.25. The predicted molar refractivity (Wildman–Crippen MR) is 80.8 cm³/mol. The number of hydrogen-bond acceptors (Lipinski definition) is 5. The average Bonchev–Trinajstić information content (AvgIpc) is 2.92. The summed E-state index contributed by atoms with van der Waals surface area (Å²) in [7, 11) is 0. The minimum atomic E-state index is -0.545. The van der Waals surface area contributed by atoms with Crippen LogP contribution in [-0.2, 0) is 11.3 Å². The van der Waals surface area contributed by atoms with E-state index in [1.807, 2.05) is 44.0 Å². The molecular weight excluding hydrogens is 274 g/mol. The van der Waals surface area contributed by atoms with Crippen LogP contribution in [0.4, 0.5) is 5.00 Å². The van der Waals surface area contributed by atoms with E-state index in [2.05, 4.69) is 5.10 Å². The number of ether oxygens (including phenoxy) is 1. The van der Waals surface area contributed by atoms with Crippen LogP contribution in [0.1, 0.15) is 38.1 Å². The summed E-state index contributed by atoms with van der Waals surface area (Å²) in [5, 5.41) is 6.56. The van der Waals surface area contributed by atoms with Gasteiger partial charge in [0.05, 0.1) is 6.20 Å². The molecule has 0 bridgehead atoms. The van der Waals surface area contributed by atoms with E-state index in [1.165, 1.54) is 11.3 Å². The molecule has 0 aromatic carbocycles. The molecule has 5 nitrogen and oxygen atoms in total. The first-order valence-corrected chi connectivity index (χ1v) is 7.33. The number of nitrogen functional groups attached to an aromatic ring is 1. The minimum Gasteiger partial charge on any atom is -0.456 e. The van der Waals surface area contributed by atoms with E-state index in [1.54, 1.807) is 6.20 Å². The second kappa shape index (κ2) is 5.28. The number of thiophene rings is 1. The van der Waals surface area contributed by atoms with Crippen molar-refractivity contribution in [2.75, 3.05) is 5.73 Å². The molecule has 2 aromatic heterocycles. The van der Waals surface area contributed by atoms with Crippen LogP contribution in [-0.4, -0.2) is 21.4 Å². The average molecular weight is 293 g/mol. The Morgan fingerprint density at radius 3 is 2.75 bits per heavy atom. The highest BCUT2D eigenvalue weighted by Crippen LogP contribution is 2.34. The van der Waals surface area contributed by atoms with Gasteiger partial charge in [0.15, 0.2) is 0 Å². The lowest BCUT2D eigenvalue weighted by Gasteiger charge is -2.19. The van der Waals surface area contributed by atoms with Gasteiger partial charge in [-0.15, -0.1) is 11.3 Å². The lowest BCUT2D eigenvalue weighted by atomic mass is 10.1. The van der Waals surface area contributed by atoms with Crippen LogP contribution in [0.15, 0.2) is 17.8 Å². The van der Waals surface area contributed by atoms with Gasteiger partial charge in [0.25, 0.3) is 0 Å². The summed E-state index contributed by atoms with van der Waals surface area (Å²) < 4.78 is 7.23. The normalized spacial score (nSPS) is 11.6. The van der Waals surface area contributed by atoms with Crippen molar-refractivity contribution in [3.05, 3.63) is 23.3 Å². The number of nitrogens with two attached hydrogens (primary N) is 1. The van der Waals surface area contributed by atoms with Crippen molar-refractivity contribution in [2.24, 2.45) is 0 Å². The molecule has 108 valence electrons. The van der Waals surface area contributed by atoms with Crippen LogP contribution in [0, 0.1) is 0 Å². The Hall–Kier alpha value is -1.82. The first-order chi connectivity index (χ1) is 9.31. The number of rotatable bonds is 3. The van der Waals surface area contributed by atoms with E-state index < -0.39 is 11.6 Å². The zero-order valence-corrected chi connectivity index (χ0v) is 13.0. The smallest absolute Gasteiger partial charge is 0.342 e. The molecule has 0 atom stereocenters. The molecule has 6 heteroatoms. The maximum atomic E-state index is 12.3. The molecule has 0 saturated carbocycles. The molecule has 0 aliphatic heterocycles. The predicted octanol–water partition coefficient (Wildman–Crippen LogP) is 3.17. The molecule has 0 radical (unpaired) electrons. The third kappa shape index (κ3) is 3.01. The molecule has 0 fully saturated rings. The topological polar surface area (TPSA) is 70.1 Å². The van der Waals surface area contributed by atoms with E-state index in [0.29, 0.717) is 10.6 Å². The third-order valence-corrected chi connectivity index (χ3v) is 3.50. The van der Waals surface area contributed by atoms with E-state index in [-0.39, 0.29) is 0 Å². The first-order valence-electron chi connectivity index (χ1n) is 6.45. The van der Waals surface area contributed by atoms with Crippen molar-refractivity contribution in [1.29, 1.82) is 0 Å². The van der Waals surface area contributed by atoms with Crippen LogP contribution in [0.5, 0.6) is 0 Å². The van der Waals surface area contributed by atoms with Crippen molar-refractivity contribution >= 4 is 22.3 Å². The molecule has 0 aliphatic carbocycles. The second-order valence-electron chi connectivity index (χ2n) is 5.48. The van der Waals surface area contributed by atoms with Gasteiger partial charge >= 0.3 is 5.97 Å². The van der Waals surface area contributed by atoms with Crippen molar-refractivity contribution in [3.8, 4) is 11.1 Å². The molecule has 0 saturated heterocycles. The lowest BCUT2D eigenvalue weighted by molar-refractivity contribution is 0.00722. The van der Waals surface area contributed by atoms with E-state index in [0.717, 1.165) is 17.7 Å². The van der Waals surface area contributed by atoms with E-state index >= 15 is 0 Å². The Morgan fingerprint density at radius 1 is 1.50 bits per heavy atom. The maximum absolute atomic E-state index is 12.3. The summed E-state index contributed by atoms with van der Waals surface area (Å²) >= 11 is 1.34. The van der Waals surface area contributed by atoms with Gasteiger partial charge in [-0.05, 0) is 27.7 Å². The van der Waals surface area contributed by atoms with Gasteiger partial charge in [0.2, 0.25) is 0 Å². The number of aryl methyl sites for hydroxylation is 1. The fourth-order valence-corrected chi connectivity index (χ4v) is 2.61. The van der Waals surface area contributed by atoms with Gasteiger partial charge in [-0.3, -0.25) is 4.68 Å². The number of esters is 1. The van der Waals surface area contributed by atoms with E-state index in [4.69, 9.17) is 10.5 Å². The molecule has 2 N–H and O–H groups in total. The van der Waals surface area contributed by atoms with E-state index in [9.17, 15) is 4.79 Å². The van der Waals surface area contributed by atoms with Gasteiger partial charge in [0.1, 0.15) is 16.2 Å². The molecule has 20 heavy (non-hydrogen) atoms. The number of anilines is 1. The number of carbonyl (C=O) groups is 1.